The van der Waals surface area contributed by atoms with Gasteiger partial charge in [-0.2, -0.15) is 0 Å². The highest BCUT2D eigenvalue weighted by Gasteiger charge is 2.17. The Balaban J connectivity index is 1.68. The predicted molar refractivity (Wildman–Crippen MR) is 137 cm³/mol. The number of nitrogens with zero attached hydrogens (tertiary/aromatic N) is 2. The van der Waals surface area contributed by atoms with Gasteiger partial charge in [0.2, 0.25) is 5.91 Å². The zero-order valence-electron chi connectivity index (χ0n) is 19.1. The molecule has 0 saturated carbocycles. The second-order valence-electron chi connectivity index (χ2n) is 7.83. The number of aromatic nitrogens is 2. The van der Waals surface area contributed by atoms with Gasteiger partial charge in [0, 0.05) is 5.69 Å². The standard InChI is InChI=1S/C27H27N3O2S/c1-4-19-12-10-13-20(5-2)25(19)29-24(31)17-33-27-28-22-15-8-7-14-21(22)26(32)30(27)23-16-9-6-11-18(23)3/h6-16H,4-5,17H2,1-3H3,(H,29,31). The molecule has 168 valence electrons. The number of hydrogen-bond donors (Lipinski definition) is 1. The summed E-state index contributed by atoms with van der Waals surface area (Å²) in [4.78, 5) is 31.1. The van der Waals surface area contributed by atoms with Crippen LogP contribution in [0.5, 0.6) is 0 Å². The van der Waals surface area contributed by atoms with E-state index < -0.39 is 0 Å². The molecule has 0 radical (unpaired) electrons. The molecule has 1 aromatic heterocycles. The fourth-order valence-electron chi connectivity index (χ4n) is 3.94. The van der Waals surface area contributed by atoms with Crippen LogP contribution in [0, 0.1) is 6.92 Å². The first-order chi connectivity index (χ1) is 16.0. The number of thioether (sulfide) groups is 1. The van der Waals surface area contributed by atoms with Gasteiger partial charge in [-0.25, -0.2) is 4.98 Å². The van der Waals surface area contributed by atoms with Crippen molar-refractivity contribution in [3.63, 3.8) is 0 Å². The topological polar surface area (TPSA) is 64.0 Å². The van der Waals surface area contributed by atoms with Crippen LogP contribution in [-0.2, 0) is 17.6 Å². The van der Waals surface area contributed by atoms with Crippen molar-refractivity contribution in [3.05, 3.63) is 93.8 Å². The van der Waals surface area contributed by atoms with Crippen molar-refractivity contribution in [1.29, 1.82) is 0 Å². The number of benzene rings is 3. The summed E-state index contributed by atoms with van der Waals surface area (Å²) in [6.45, 7) is 6.13. The van der Waals surface area contributed by atoms with Gasteiger partial charge >= 0.3 is 0 Å². The van der Waals surface area contributed by atoms with Crippen molar-refractivity contribution in [2.24, 2.45) is 0 Å². The lowest BCUT2D eigenvalue weighted by Crippen LogP contribution is -2.23. The Labute approximate surface area is 197 Å². The first-order valence-electron chi connectivity index (χ1n) is 11.1. The molecule has 4 aromatic rings. The molecule has 0 aliphatic carbocycles. The molecule has 1 heterocycles. The molecular weight excluding hydrogens is 430 g/mol. The number of para-hydroxylation sites is 3. The van der Waals surface area contributed by atoms with Gasteiger partial charge in [0.25, 0.3) is 5.56 Å². The minimum absolute atomic E-state index is 0.116. The summed E-state index contributed by atoms with van der Waals surface area (Å²) in [5, 5.41) is 4.16. The molecule has 33 heavy (non-hydrogen) atoms. The summed E-state index contributed by atoms with van der Waals surface area (Å²) in [5.41, 5.74) is 5.36. The monoisotopic (exact) mass is 457 g/mol. The van der Waals surface area contributed by atoms with E-state index in [1.54, 1.807) is 10.6 Å². The third-order valence-corrected chi connectivity index (χ3v) is 6.64. The SMILES string of the molecule is CCc1cccc(CC)c1NC(=O)CSc1nc2ccccc2c(=O)n1-c1ccccc1C. The number of carbonyl (C=O) groups excluding carboxylic acids is 1. The molecule has 6 heteroatoms. The zero-order valence-corrected chi connectivity index (χ0v) is 19.9. The number of amides is 1. The minimum Gasteiger partial charge on any atom is -0.325 e. The minimum atomic E-state index is -0.137. The van der Waals surface area contributed by atoms with E-state index >= 15 is 0 Å². The Morgan fingerprint density at radius 2 is 1.61 bits per heavy atom. The lowest BCUT2D eigenvalue weighted by atomic mass is 10.0. The summed E-state index contributed by atoms with van der Waals surface area (Å²) in [7, 11) is 0. The lowest BCUT2D eigenvalue weighted by Gasteiger charge is -2.16. The van der Waals surface area contributed by atoms with Gasteiger partial charge in [-0.15, -0.1) is 0 Å². The largest absolute Gasteiger partial charge is 0.325 e. The van der Waals surface area contributed by atoms with Crippen LogP contribution in [0.15, 0.2) is 76.7 Å². The number of carbonyl (C=O) groups is 1. The van der Waals surface area contributed by atoms with E-state index in [0.29, 0.717) is 16.1 Å². The van der Waals surface area contributed by atoms with Crippen LogP contribution in [0.2, 0.25) is 0 Å². The van der Waals surface area contributed by atoms with Crippen LogP contribution in [-0.4, -0.2) is 21.2 Å². The molecular formula is C27H27N3O2S. The van der Waals surface area contributed by atoms with Crippen LogP contribution >= 0.6 is 11.8 Å². The van der Waals surface area contributed by atoms with Crippen molar-refractivity contribution in [2.75, 3.05) is 11.1 Å². The Bertz CT molecular complexity index is 1360. The lowest BCUT2D eigenvalue weighted by molar-refractivity contribution is -0.113. The Morgan fingerprint density at radius 1 is 0.939 bits per heavy atom. The predicted octanol–water partition coefficient (Wildman–Crippen LogP) is 5.55. The average Bonchev–Trinajstić information content (AvgIpc) is 2.83. The smallest absolute Gasteiger partial charge is 0.266 e. The van der Waals surface area contributed by atoms with E-state index in [0.717, 1.165) is 40.9 Å². The summed E-state index contributed by atoms with van der Waals surface area (Å²) in [6.07, 6.45) is 1.69. The summed E-state index contributed by atoms with van der Waals surface area (Å²) in [6, 6.07) is 21.1. The summed E-state index contributed by atoms with van der Waals surface area (Å²) >= 11 is 1.27. The maximum absolute atomic E-state index is 13.4. The molecule has 0 saturated heterocycles. The highest BCUT2D eigenvalue weighted by Crippen LogP contribution is 2.25. The van der Waals surface area contributed by atoms with Crippen LogP contribution in [0.1, 0.15) is 30.5 Å². The fraction of sp³-hybridized carbons (Fsp3) is 0.222. The normalized spacial score (nSPS) is 11.0. The van der Waals surface area contributed by atoms with Gasteiger partial charge < -0.3 is 5.32 Å². The fourth-order valence-corrected chi connectivity index (χ4v) is 4.75. The number of hydrogen-bond acceptors (Lipinski definition) is 4. The van der Waals surface area contributed by atoms with Crippen LogP contribution < -0.4 is 10.9 Å². The average molecular weight is 458 g/mol. The molecule has 0 aliphatic rings. The molecule has 0 unspecified atom stereocenters. The third-order valence-electron chi connectivity index (χ3n) is 5.70. The van der Waals surface area contributed by atoms with Crippen molar-refractivity contribution >= 4 is 34.3 Å². The highest BCUT2D eigenvalue weighted by atomic mass is 32.2. The summed E-state index contributed by atoms with van der Waals surface area (Å²) < 4.78 is 1.62. The van der Waals surface area contributed by atoms with E-state index in [9.17, 15) is 9.59 Å². The molecule has 5 nitrogen and oxygen atoms in total. The van der Waals surface area contributed by atoms with Crippen LogP contribution in [0.3, 0.4) is 0 Å². The summed E-state index contributed by atoms with van der Waals surface area (Å²) in [5.74, 6) is 0.0343. The van der Waals surface area contributed by atoms with Gasteiger partial charge in [-0.3, -0.25) is 14.2 Å². The molecule has 0 atom stereocenters. The van der Waals surface area contributed by atoms with Gasteiger partial charge in [-0.1, -0.05) is 74.1 Å². The number of anilines is 1. The molecule has 1 N–H and O–H groups in total. The number of rotatable bonds is 7. The molecule has 1 amide bonds. The Kier molecular flexibility index (Phi) is 6.94. The maximum atomic E-state index is 13.4. The van der Waals surface area contributed by atoms with Gasteiger partial charge in [-0.05, 0) is 54.7 Å². The van der Waals surface area contributed by atoms with E-state index in [4.69, 9.17) is 4.98 Å². The Hall–Kier alpha value is -3.38. The highest BCUT2D eigenvalue weighted by molar-refractivity contribution is 7.99. The van der Waals surface area contributed by atoms with Crippen LogP contribution in [0.25, 0.3) is 16.6 Å². The van der Waals surface area contributed by atoms with Crippen molar-refractivity contribution in [2.45, 2.75) is 38.8 Å². The van der Waals surface area contributed by atoms with Gasteiger partial charge in [0.05, 0.1) is 22.3 Å². The van der Waals surface area contributed by atoms with Crippen molar-refractivity contribution < 1.29 is 4.79 Å². The molecule has 3 aromatic carbocycles. The first-order valence-corrected chi connectivity index (χ1v) is 12.1. The van der Waals surface area contributed by atoms with E-state index in [1.165, 1.54) is 11.8 Å². The zero-order chi connectivity index (χ0) is 23.4. The second-order valence-corrected chi connectivity index (χ2v) is 8.78. The van der Waals surface area contributed by atoms with Gasteiger partial charge in [0.1, 0.15) is 0 Å². The molecule has 0 bridgehead atoms. The van der Waals surface area contributed by atoms with E-state index in [1.807, 2.05) is 67.6 Å². The molecule has 0 spiro atoms. The first kappa shape index (κ1) is 22.8. The van der Waals surface area contributed by atoms with Crippen molar-refractivity contribution in [1.82, 2.24) is 9.55 Å². The van der Waals surface area contributed by atoms with Crippen LogP contribution in [0.4, 0.5) is 5.69 Å². The van der Waals surface area contributed by atoms with Crippen molar-refractivity contribution in [3.8, 4) is 5.69 Å². The molecule has 0 aliphatic heterocycles. The number of aryl methyl sites for hydroxylation is 3. The number of nitrogens with one attached hydrogen (secondary N) is 1. The molecule has 4 rings (SSSR count). The quantitative estimate of drug-likeness (QED) is 0.292. The van der Waals surface area contributed by atoms with E-state index in [2.05, 4.69) is 19.2 Å². The number of fused-ring (bicyclic) bond motifs is 1. The Morgan fingerprint density at radius 3 is 2.30 bits per heavy atom. The van der Waals surface area contributed by atoms with E-state index in [-0.39, 0.29) is 17.2 Å². The van der Waals surface area contributed by atoms with Gasteiger partial charge in [0.15, 0.2) is 5.16 Å². The second kappa shape index (κ2) is 10.0. The maximum Gasteiger partial charge on any atom is 0.266 e. The third kappa shape index (κ3) is 4.71. The molecule has 0 fully saturated rings.